The highest BCUT2D eigenvalue weighted by atomic mass is 16.4. The smallest absolute Gasteiger partial charge is 0.326 e. The summed E-state index contributed by atoms with van der Waals surface area (Å²) >= 11 is 0. The van der Waals surface area contributed by atoms with Gasteiger partial charge in [-0.1, -0.05) is 13.8 Å². The summed E-state index contributed by atoms with van der Waals surface area (Å²) < 4.78 is 0. The monoisotopic (exact) mass is 511 g/mol. The van der Waals surface area contributed by atoms with E-state index >= 15 is 0 Å². The number of aliphatic carboxylic acids is 2. The summed E-state index contributed by atoms with van der Waals surface area (Å²) in [4.78, 5) is 78.3. The van der Waals surface area contributed by atoms with E-state index in [1.54, 1.807) is 13.8 Å². The number of hydrogen-bond donors (Lipinski definition) is 8. The van der Waals surface area contributed by atoms with Crippen molar-refractivity contribution in [2.45, 2.75) is 70.1 Å². The summed E-state index contributed by atoms with van der Waals surface area (Å²) in [6.07, 6.45) is 1.67. The molecule has 0 saturated carbocycles. The summed E-state index contributed by atoms with van der Waals surface area (Å²) in [7, 11) is 0. The molecule has 1 heterocycles. The zero-order valence-electron chi connectivity index (χ0n) is 20.0. The van der Waals surface area contributed by atoms with Crippen LogP contribution in [0.15, 0.2) is 12.5 Å². The van der Waals surface area contributed by atoms with Crippen LogP contribution in [0.5, 0.6) is 0 Å². The minimum atomic E-state index is -1.31. The fraction of sp³-hybridized carbons (Fsp3) is 0.571. The number of carboxylic acids is 2. The normalized spacial score (nSPS) is 14.2. The van der Waals surface area contributed by atoms with Crippen molar-refractivity contribution in [3.05, 3.63) is 18.2 Å². The number of imidazole rings is 1. The van der Waals surface area contributed by atoms with E-state index in [4.69, 9.17) is 16.6 Å². The molecule has 200 valence electrons. The molecule has 0 aliphatic carbocycles. The molecular weight excluding hydrogens is 478 g/mol. The first-order valence-electron chi connectivity index (χ1n) is 11.2. The van der Waals surface area contributed by atoms with E-state index in [2.05, 4.69) is 25.9 Å². The first kappa shape index (κ1) is 30.0. The number of carboxylic acid groups (broad SMARTS) is 2. The molecule has 0 radical (unpaired) electrons. The van der Waals surface area contributed by atoms with Crippen LogP contribution in [-0.2, 0) is 35.2 Å². The van der Waals surface area contributed by atoms with Gasteiger partial charge in [0.25, 0.3) is 0 Å². The third kappa shape index (κ3) is 10.5. The Morgan fingerprint density at radius 2 is 1.58 bits per heavy atom. The van der Waals surface area contributed by atoms with Crippen LogP contribution in [0.1, 0.15) is 45.2 Å². The SMILES string of the molecule is CC(C)C(NC(=O)C(CCC(N)=O)NC(=O)C(N)CCC(=O)O)C(=O)NC(Cc1cnc[nH]1)C(=O)O. The number of nitrogens with one attached hydrogen (secondary N) is 4. The molecule has 4 unspecified atom stereocenters. The Bertz CT molecular complexity index is 935. The molecule has 1 aromatic rings. The van der Waals surface area contributed by atoms with Gasteiger partial charge in [0, 0.05) is 31.2 Å². The van der Waals surface area contributed by atoms with Crippen molar-refractivity contribution in [3.63, 3.8) is 0 Å². The lowest BCUT2D eigenvalue weighted by atomic mass is 10.0. The maximum Gasteiger partial charge on any atom is 0.326 e. The van der Waals surface area contributed by atoms with E-state index in [0.29, 0.717) is 5.69 Å². The Hall–Kier alpha value is -4.01. The number of nitrogens with two attached hydrogens (primary N) is 2. The van der Waals surface area contributed by atoms with E-state index < -0.39 is 65.7 Å². The number of carbonyl (C=O) groups is 6. The van der Waals surface area contributed by atoms with Crippen molar-refractivity contribution in [2.75, 3.05) is 0 Å². The lowest BCUT2D eigenvalue weighted by molar-refractivity contribution is -0.142. The second-order valence-corrected chi connectivity index (χ2v) is 8.52. The zero-order valence-corrected chi connectivity index (χ0v) is 20.0. The van der Waals surface area contributed by atoms with Crippen molar-refractivity contribution >= 4 is 35.6 Å². The molecule has 4 amide bonds. The number of nitrogens with zero attached hydrogens (tertiary/aromatic N) is 1. The van der Waals surface area contributed by atoms with Gasteiger partial charge in [0.15, 0.2) is 0 Å². The topological polar surface area (TPSA) is 260 Å². The van der Waals surface area contributed by atoms with Crippen molar-refractivity contribution in [1.29, 1.82) is 0 Å². The van der Waals surface area contributed by atoms with E-state index in [9.17, 15) is 33.9 Å². The van der Waals surface area contributed by atoms with Crippen LogP contribution in [0, 0.1) is 5.92 Å². The fourth-order valence-electron chi connectivity index (χ4n) is 3.11. The lowest BCUT2D eigenvalue weighted by Crippen LogP contribution is -2.58. The van der Waals surface area contributed by atoms with E-state index in [1.807, 2.05) is 0 Å². The average Bonchev–Trinajstić information content (AvgIpc) is 3.30. The second kappa shape index (κ2) is 14.4. The van der Waals surface area contributed by atoms with Gasteiger partial charge in [-0.15, -0.1) is 0 Å². The maximum absolute atomic E-state index is 13.0. The second-order valence-electron chi connectivity index (χ2n) is 8.52. The highest BCUT2D eigenvalue weighted by Gasteiger charge is 2.32. The van der Waals surface area contributed by atoms with Crippen molar-refractivity contribution < 1.29 is 39.0 Å². The van der Waals surface area contributed by atoms with Crippen molar-refractivity contribution in [3.8, 4) is 0 Å². The van der Waals surface area contributed by atoms with Gasteiger partial charge in [0.05, 0.1) is 12.4 Å². The van der Waals surface area contributed by atoms with Crippen molar-refractivity contribution in [1.82, 2.24) is 25.9 Å². The molecule has 0 aliphatic heterocycles. The van der Waals surface area contributed by atoms with Crippen LogP contribution in [-0.4, -0.2) is 79.9 Å². The summed E-state index contributed by atoms with van der Waals surface area (Å²) in [5, 5.41) is 25.4. The molecule has 0 aromatic carbocycles. The molecule has 36 heavy (non-hydrogen) atoms. The number of hydrogen-bond acceptors (Lipinski definition) is 8. The summed E-state index contributed by atoms with van der Waals surface area (Å²) in [5.41, 5.74) is 11.3. The highest BCUT2D eigenvalue weighted by Crippen LogP contribution is 2.08. The van der Waals surface area contributed by atoms with Gasteiger partial charge in [-0.2, -0.15) is 0 Å². The molecular formula is C21H33N7O8. The van der Waals surface area contributed by atoms with E-state index in [1.165, 1.54) is 12.5 Å². The Kier molecular flexibility index (Phi) is 12.0. The van der Waals surface area contributed by atoms with Gasteiger partial charge >= 0.3 is 11.9 Å². The summed E-state index contributed by atoms with van der Waals surface area (Å²) in [6, 6.07) is -5.04. The molecule has 0 spiro atoms. The molecule has 1 rings (SSSR count). The maximum atomic E-state index is 13.0. The van der Waals surface area contributed by atoms with Crippen molar-refractivity contribution in [2.24, 2.45) is 17.4 Å². The van der Waals surface area contributed by atoms with Crippen LogP contribution in [0.25, 0.3) is 0 Å². The van der Waals surface area contributed by atoms with Gasteiger partial charge in [-0.05, 0) is 18.8 Å². The third-order valence-electron chi connectivity index (χ3n) is 5.16. The number of primary amides is 1. The third-order valence-corrected chi connectivity index (χ3v) is 5.16. The van der Waals surface area contributed by atoms with Gasteiger partial charge < -0.3 is 42.6 Å². The highest BCUT2D eigenvalue weighted by molar-refractivity contribution is 5.94. The van der Waals surface area contributed by atoms with Gasteiger partial charge in [-0.25, -0.2) is 9.78 Å². The number of rotatable bonds is 16. The number of amides is 4. The Balaban J connectivity index is 2.94. The van der Waals surface area contributed by atoms with Crippen LogP contribution >= 0.6 is 0 Å². The fourth-order valence-corrected chi connectivity index (χ4v) is 3.11. The number of aromatic amines is 1. The van der Waals surface area contributed by atoms with Gasteiger partial charge in [0.2, 0.25) is 23.6 Å². The molecule has 0 bridgehead atoms. The molecule has 10 N–H and O–H groups in total. The van der Waals surface area contributed by atoms with Crippen LogP contribution in [0.2, 0.25) is 0 Å². The lowest BCUT2D eigenvalue weighted by Gasteiger charge is -2.27. The molecule has 0 saturated heterocycles. The predicted molar refractivity (Wildman–Crippen MR) is 124 cm³/mol. The zero-order chi connectivity index (χ0) is 27.4. The molecule has 0 fully saturated rings. The Labute approximate surface area is 206 Å². The first-order chi connectivity index (χ1) is 16.8. The Morgan fingerprint density at radius 3 is 2.08 bits per heavy atom. The van der Waals surface area contributed by atoms with Gasteiger partial charge in [-0.3, -0.25) is 24.0 Å². The van der Waals surface area contributed by atoms with Gasteiger partial charge in [0.1, 0.15) is 18.1 Å². The van der Waals surface area contributed by atoms with E-state index in [0.717, 1.165) is 0 Å². The first-order valence-corrected chi connectivity index (χ1v) is 11.2. The summed E-state index contributed by atoms with van der Waals surface area (Å²) in [6.45, 7) is 3.24. The molecule has 4 atom stereocenters. The van der Waals surface area contributed by atoms with Crippen LogP contribution in [0.4, 0.5) is 0 Å². The molecule has 1 aromatic heterocycles. The molecule has 0 aliphatic rings. The largest absolute Gasteiger partial charge is 0.481 e. The standard InChI is InChI=1S/C21H33N7O8/c1-10(2)17(20(34)27-14(21(35)36)7-11-8-24-9-25-11)28-19(33)13(4-5-15(23)29)26-18(32)12(22)3-6-16(30)31/h8-10,12-14,17H,3-7,22H2,1-2H3,(H2,23,29)(H,24,25)(H,26,32)(H,27,34)(H,28,33)(H,30,31)(H,35,36). The minimum Gasteiger partial charge on any atom is -0.481 e. The summed E-state index contributed by atoms with van der Waals surface area (Å²) in [5.74, 6) is -6.10. The average molecular weight is 512 g/mol. The number of aromatic nitrogens is 2. The minimum absolute atomic E-state index is 0.0780. The van der Waals surface area contributed by atoms with Crippen LogP contribution < -0.4 is 27.4 Å². The number of carbonyl (C=O) groups excluding carboxylic acids is 4. The molecule has 15 heteroatoms. The quantitative estimate of drug-likeness (QED) is 0.117. The molecule has 15 nitrogen and oxygen atoms in total. The van der Waals surface area contributed by atoms with Crippen LogP contribution in [0.3, 0.4) is 0 Å². The predicted octanol–water partition coefficient (Wildman–Crippen LogP) is -2.40. The Morgan fingerprint density at radius 1 is 0.944 bits per heavy atom. The number of H-pyrrole nitrogens is 1. The van der Waals surface area contributed by atoms with E-state index in [-0.39, 0.29) is 32.1 Å².